The second kappa shape index (κ2) is 9.96. The number of amides is 2. The largest absolute Gasteiger partial charge is 0.444 e. The highest BCUT2D eigenvalue weighted by molar-refractivity contribution is 7.16. The molecule has 0 saturated carbocycles. The van der Waals surface area contributed by atoms with Gasteiger partial charge in [-0.3, -0.25) is 10.1 Å². The van der Waals surface area contributed by atoms with Gasteiger partial charge in [-0.2, -0.15) is 4.98 Å². The van der Waals surface area contributed by atoms with Crippen LogP contribution in [0.4, 0.5) is 10.5 Å². The molecule has 32 heavy (non-hydrogen) atoms. The first-order valence-electron chi connectivity index (χ1n) is 9.60. The van der Waals surface area contributed by atoms with E-state index in [9.17, 15) is 9.59 Å². The molecule has 12 heteroatoms. The van der Waals surface area contributed by atoms with E-state index in [1.165, 1.54) is 18.3 Å². The van der Waals surface area contributed by atoms with Gasteiger partial charge in [0.1, 0.15) is 11.4 Å². The lowest BCUT2D eigenvalue weighted by atomic mass is 10.2. The van der Waals surface area contributed by atoms with Gasteiger partial charge in [-0.25, -0.2) is 9.78 Å². The average molecular weight is 480 g/mol. The molecular formula is C20H22ClN5O5S. The van der Waals surface area contributed by atoms with Crippen LogP contribution in [0.1, 0.15) is 33.6 Å². The predicted molar refractivity (Wildman–Crippen MR) is 119 cm³/mol. The molecule has 0 radical (unpaired) electrons. The standard InChI is InChI=1S/C20H22ClN5O5S/c1-11(27)22-8-7-16-25-17(26-31-16)15-10-23-19(32-15)29-14-6-5-12(9-13(14)21)24-18(28)30-20(2,3)4/h5-6,9-10H,7-8H2,1-4H3,(H,22,27)(H,24,28). The Morgan fingerprint density at radius 2 is 2.06 bits per heavy atom. The number of nitrogens with zero attached hydrogens (tertiary/aromatic N) is 3. The number of halogens is 1. The number of benzene rings is 1. The summed E-state index contributed by atoms with van der Waals surface area (Å²) in [6.07, 6.45) is 1.41. The fourth-order valence-electron chi connectivity index (χ4n) is 2.39. The third-order valence-electron chi connectivity index (χ3n) is 3.66. The molecule has 170 valence electrons. The number of aromatic nitrogens is 3. The Hall–Kier alpha value is -3.18. The van der Waals surface area contributed by atoms with Crippen molar-refractivity contribution in [3.63, 3.8) is 0 Å². The Labute approximate surface area is 193 Å². The lowest BCUT2D eigenvalue weighted by Crippen LogP contribution is -2.27. The summed E-state index contributed by atoms with van der Waals surface area (Å²) in [5.41, 5.74) is -0.139. The lowest BCUT2D eigenvalue weighted by molar-refractivity contribution is -0.118. The van der Waals surface area contributed by atoms with Crippen molar-refractivity contribution in [1.29, 1.82) is 0 Å². The van der Waals surface area contributed by atoms with Crippen molar-refractivity contribution in [2.45, 2.75) is 39.7 Å². The average Bonchev–Trinajstić information content (AvgIpc) is 3.31. The molecular weight excluding hydrogens is 458 g/mol. The van der Waals surface area contributed by atoms with Gasteiger partial charge in [-0.05, 0) is 39.0 Å². The fourth-order valence-corrected chi connectivity index (χ4v) is 3.31. The summed E-state index contributed by atoms with van der Waals surface area (Å²) in [5.74, 6) is 1.02. The van der Waals surface area contributed by atoms with Crippen molar-refractivity contribution in [2.24, 2.45) is 0 Å². The highest BCUT2D eigenvalue weighted by Crippen LogP contribution is 2.35. The molecule has 0 aliphatic rings. The van der Waals surface area contributed by atoms with Crippen molar-refractivity contribution in [2.75, 3.05) is 11.9 Å². The van der Waals surface area contributed by atoms with Crippen LogP contribution in [-0.2, 0) is 16.0 Å². The van der Waals surface area contributed by atoms with Gasteiger partial charge in [-0.1, -0.05) is 28.1 Å². The molecule has 10 nitrogen and oxygen atoms in total. The molecule has 2 aromatic heterocycles. The zero-order valence-electron chi connectivity index (χ0n) is 17.9. The van der Waals surface area contributed by atoms with Gasteiger partial charge >= 0.3 is 6.09 Å². The molecule has 0 fully saturated rings. The number of carbonyl (C=O) groups excluding carboxylic acids is 2. The molecule has 0 unspecified atom stereocenters. The van der Waals surface area contributed by atoms with E-state index in [0.717, 1.165) is 0 Å². The molecule has 3 rings (SSSR count). The van der Waals surface area contributed by atoms with Crippen LogP contribution >= 0.6 is 22.9 Å². The summed E-state index contributed by atoms with van der Waals surface area (Å²) in [4.78, 5) is 31.9. The Morgan fingerprint density at radius 1 is 1.28 bits per heavy atom. The van der Waals surface area contributed by atoms with E-state index in [0.29, 0.717) is 46.2 Å². The van der Waals surface area contributed by atoms with E-state index in [-0.39, 0.29) is 10.9 Å². The maximum Gasteiger partial charge on any atom is 0.412 e. The molecule has 2 heterocycles. The summed E-state index contributed by atoms with van der Waals surface area (Å²) in [7, 11) is 0. The summed E-state index contributed by atoms with van der Waals surface area (Å²) in [6.45, 7) is 7.18. The van der Waals surface area contributed by atoms with Crippen LogP contribution in [0.2, 0.25) is 5.02 Å². The van der Waals surface area contributed by atoms with E-state index in [1.807, 2.05) is 0 Å². The minimum Gasteiger partial charge on any atom is -0.444 e. The molecule has 2 amide bonds. The molecule has 3 aromatic rings. The maximum atomic E-state index is 11.9. The van der Waals surface area contributed by atoms with Crippen LogP contribution in [0, 0.1) is 0 Å². The Balaban J connectivity index is 1.61. The number of anilines is 1. The van der Waals surface area contributed by atoms with Crippen molar-refractivity contribution >= 4 is 40.6 Å². The maximum absolute atomic E-state index is 11.9. The number of hydrogen-bond donors (Lipinski definition) is 2. The third kappa shape index (κ3) is 6.92. The van der Waals surface area contributed by atoms with Crippen molar-refractivity contribution in [3.8, 4) is 21.6 Å². The molecule has 0 saturated heterocycles. The summed E-state index contributed by atoms with van der Waals surface area (Å²) in [5, 5.41) is 9.82. The van der Waals surface area contributed by atoms with Crippen LogP contribution in [0.15, 0.2) is 28.9 Å². The minimum absolute atomic E-state index is 0.124. The Bertz CT molecular complexity index is 1110. The van der Waals surface area contributed by atoms with Gasteiger partial charge in [0.25, 0.3) is 5.19 Å². The monoisotopic (exact) mass is 479 g/mol. The van der Waals surface area contributed by atoms with Crippen molar-refractivity contribution in [1.82, 2.24) is 20.4 Å². The van der Waals surface area contributed by atoms with Gasteiger partial charge in [0.2, 0.25) is 17.6 Å². The van der Waals surface area contributed by atoms with Crippen LogP contribution < -0.4 is 15.4 Å². The van der Waals surface area contributed by atoms with Crippen LogP contribution in [0.25, 0.3) is 10.7 Å². The molecule has 0 bridgehead atoms. The van der Waals surface area contributed by atoms with Gasteiger partial charge in [0, 0.05) is 25.6 Å². The fraction of sp³-hybridized carbons (Fsp3) is 0.350. The molecule has 0 aliphatic carbocycles. The first-order chi connectivity index (χ1) is 15.1. The number of rotatable bonds is 7. The SMILES string of the molecule is CC(=O)NCCc1nc(-c2cnc(Oc3ccc(NC(=O)OC(C)(C)C)cc3Cl)s2)no1. The smallest absolute Gasteiger partial charge is 0.412 e. The zero-order chi connectivity index (χ0) is 23.3. The molecule has 1 aromatic carbocycles. The number of carbonyl (C=O) groups is 2. The summed E-state index contributed by atoms with van der Waals surface area (Å²) >= 11 is 7.50. The zero-order valence-corrected chi connectivity index (χ0v) is 19.5. The molecule has 2 N–H and O–H groups in total. The highest BCUT2D eigenvalue weighted by Gasteiger charge is 2.17. The van der Waals surface area contributed by atoms with Crippen LogP contribution in [0.5, 0.6) is 10.9 Å². The number of ether oxygens (including phenoxy) is 2. The van der Waals surface area contributed by atoms with E-state index < -0.39 is 11.7 Å². The van der Waals surface area contributed by atoms with Gasteiger partial charge in [0.05, 0.1) is 16.1 Å². The number of thiazole rings is 1. The number of nitrogens with one attached hydrogen (secondary N) is 2. The van der Waals surface area contributed by atoms with E-state index in [1.54, 1.807) is 45.2 Å². The van der Waals surface area contributed by atoms with E-state index in [4.69, 9.17) is 25.6 Å². The molecule has 0 spiro atoms. The topological polar surface area (TPSA) is 128 Å². The minimum atomic E-state index is -0.607. The normalized spacial score (nSPS) is 11.2. The Kier molecular flexibility index (Phi) is 7.31. The van der Waals surface area contributed by atoms with E-state index in [2.05, 4.69) is 25.8 Å². The predicted octanol–water partition coefficient (Wildman–Crippen LogP) is 4.66. The van der Waals surface area contributed by atoms with Gasteiger partial charge in [-0.15, -0.1) is 0 Å². The Morgan fingerprint density at radius 3 is 2.75 bits per heavy atom. The molecule has 0 atom stereocenters. The third-order valence-corrected chi connectivity index (χ3v) is 4.83. The highest BCUT2D eigenvalue weighted by atomic mass is 35.5. The van der Waals surface area contributed by atoms with Gasteiger partial charge in [0.15, 0.2) is 0 Å². The van der Waals surface area contributed by atoms with E-state index >= 15 is 0 Å². The van der Waals surface area contributed by atoms with Crippen LogP contribution in [0.3, 0.4) is 0 Å². The second-order valence-electron chi connectivity index (χ2n) is 7.61. The summed E-state index contributed by atoms with van der Waals surface area (Å²) < 4.78 is 16.1. The first kappa shape index (κ1) is 23.5. The number of hydrogen-bond acceptors (Lipinski definition) is 9. The second-order valence-corrected chi connectivity index (χ2v) is 9.01. The molecule has 0 aliphatic heterocycles. The van der Waals surface area contributed by atoms with Gasteiger partial charge < -0.3 is 19.3 Å². The summed E-state index contributed by atoms with van der Waals surface area (Å²) in [6, 6.07) is 4.81. The van der Waals surface area contributed by atoms with Crippen molar-refractivity contribution in [3.05, 3.63) is 35.3 Å². The first-order valence-corrected chi connectivity index (χ1v) is 10.8. The lowest BCUT2D eigenvalue weighted by Gasteiger charge is -2.19. The van der Waals surface area contributed by atoms with Crippen molar-refractivity contribution < 1.29 is 23.6 Å². The quantitative estimate of drug-likeness (QED) is 0.500. The van der Waals surface area contributed by atoms with Crippen LogP contribution in [-0.4, -0.2) is 39.3 Å².